The van der Waals surface area contributed by atoms with Crippen LogP contribution in [0.1, 0.15) is 10.5 Å². The van der Waals surface area contributed by atoms with Gasteiger partial charge in [0.15, 0.2) is 0 Å². The van der Waals surface area contributed by atoms with Crippen molar-refractivity contribution < 1.29 is 4.79 Å². The summed E-state index contributed by atoms with van der Waals surface area (Å²) in [4.78, 5) is 14.5. The summed E-state index contributed by atoms with van der Waals surface area (Å²) in [7, 11) is 0. The Morgan fingerprint density at radius 2 is 2.33 bits per heavy atom. The maximum atomic E-state index is 10.8. The Morgan fingerprint density at radius 3 is 2.83 bits per heavy atom. The molecule has 0 radical (unpaired) electrons. The zero-order valence-corrected chi connectivity index (χ0v) is 7.52. The van der Waals surface area contributed by atoms with Crippen molar-refractivity contribution in [2.75, 3.05) is 0 Å². The Bertz CT molecular complexity index is 279. The molecular weight excluding hydrogens is 201 g/mol. The van der Waals surface area contributed by atoms with E-state index < -0.39 is 5.91 Å². The number of nitrogens with two attached hydrogens (primary N) is 1. The van der Waals surface area contributed by atoms with Gasteiger partial charge in [0.2, 0.25) is 0 Å². The molecule has 1 aromatic rings. The van der Waals surface area contributed by atoms with Crippen LogP contribution >= 0.6 is 24.0 Å². The van der Waals surface area contributed by atoms with Crippen LogP contribution in [-0.2, 0) is 0 Å². The Kier molecular flexibility index (Phi) is 4.58. The second kappa shape index (κ2) is 4.92. The standard InChI is InChI=1S/C6H6ClN3O.ClH/c7-4-1-2-9-5(3-4)6(11)10-8;/h1-3H,8H2,(H,10,11);1H. The van der Waals surface area contributed by atoms with Crippen molar-refractivity contribution in [3.63, 3.8) is 0 Å². The van der Waals surface area contributed by atoms with Gasteiger partial charge in [-0.3, -0.25) is 15.2 Å². The summed E-state index contributed by atoms with van der Waals surface area (Å²) in [6.07, 6.45) is 1.44. The molecule has 0 saturated heterocycles. The Morgan fingerprint density at radius 1 is 1.67 bits per heavy atom. The van der Waals surface area contributed by atoms with E-state index in [1.54, 1.807) is 6.07 Å². The van der Waals surface area contributed by atoms with E-state index in [4.69, 9.17) is 17.4 Å². The number of aromatic nitrogens is 1. The first-order chi connectivity index (χ1) is 5.24. The van der Waals surface area contributed by atoms with Gasteiger partial charge in [-0.05, 0) is 12.1 Å². The highest BCUT2D eigenvalue weighted by molar-refractivity contribution is 6.30. The van der Waals surface area contributed by atoms with Gasteiger partial charge in [-0.15, -0.1) is 12.4 Å². The first-order valence-corrected chi connectivity index (χ1v) is 3.24. The lowest BCUT2D eigenvalue weighted by atomic mass is 10.3. The zero-order valence-electron chi connectivity index (χ0n) is 5.95. The summed E-state index contributed by atoms with van der Waals surface area (Å²) < 4.78 is 0. The summed E-state index contributed by atoms with van der Waals surface area (Å²) in [6, 6.07) is 3.01. The number of hydrogen-bond acceptors (Lipinski definition) is 3. The van der Waals surface area contributed by atoms with Crippen LogP contribution in [0.15, 0.2) is 18.3 Å². The number of halogens is 2. The number of nitrogens with one attached hydrogen (secondary N) is 1. The summed E-state index contributed by atoms with van der Waals surface area (Å²) >= 11 is 5.59. The third-order valence-corrected chi connectivity index (χ3v) is 1.32. The SMILES string of the molecule is Cl.NNC(=O)c1cc(Cl)ccn1. The van der Waals surface area contributed by atoms with E-state index >= 15 is 0 Å². The maximum absolute atomic E-state index is 10.8. The number of nitrogen functional groups attached to an aromatic ring is 1. The van der Waals surface area contributed by atoms with Crippen molar-refractivity contribution in [1.29, 1.82) is 0 Å². The Balaban J connectivity index is 0.00000121. The lowest BCUT2D eigenvalue weighted by Gasteiger charge is -1.96. The number of carbonyl (C=O) groups is 1. The van der Waals surface area contributed by atoms with Gasteiger partial charge in [0.25, 0.3) is 5.91 Å². The zero-order chi connectivity index (χ0) is 8.27. The highest BCUT2D eigenvalue weighted by Crippen LogP contribution is 2.07. The molecule has 0 spiro atoms. The smallest absolute Gasteiger partial charge is 0.283 e. The third-order valence-electron chi connectivity index (χ3n) is 1.09. The number of pyridine rings is 1. The van der Waals surface area contributed by atoms with Crippen molar-refractivity contribution in [1.82, 2.24) is 10.4 Å². The maximum Gasteiger partial charge on any atom is 0.283 e. The predicted molar refractivity (Wildman–Crippen MR) is 48.1 cm³/mol. The highest BCUT2D eigenvalue weighted by atomic mass is 35.5. The topological polar surface area (TPSA) is 68.0 Å². The molecule has 0 aliphatic carbocycles. The van der Waals surface area contributed by atoms with Gasteiger partial charge in [-0.25, -0.2) is 5.84 Å². The van der Waals surface area contributed by atoms with Crippen LogP contribution in [0.3, 0.4) is 0 Å². The average Bonchev–Trinajstić information content (AvgIpc) is 2.03. The van der Waals surface area contributed by atoms with E-state index in [0.29, 0.717) is 5.02 Å². The molecule has 1 aromatic heterocycles. The predicted octanol–water partition coefficient (Wildman–Crippen LogP) is 0.760. The normalized spacial score (nSPS) is 8.50. The van der Waals surface area contributed by atoms with Crippen molar-refractivity contribution in [2.24, 2.45) is 5.84 Å². The molecule has 3 N–H and O–H groups in total. The van der Waals surface area contributed by atoms with Gasteiger partial charge in [0.1, 0.15) is 5.69 Å². The largest absolute Gasteiger partial charge is 0.289 e. The first kappa shape index (κ1) is 11.2. The Labute approximate surface area is 80.5 Å². The molecule has 0 bridgehead atoms. The molecule has 0 atom stereocenters. The monoisotopic (exact) mass is 207 g/mol. The van der Waals surface area contributed by atoms with Crippen molar-refractivity contribution >= 4 is 29.9 Å². The third kappa shape index (κ3) is 2.65. The van der Waals surface area contributed by atoms with Crippen LogP contribution in [0.4, 0.5) is 0 Å². The van der Waals surface area contributed by atoms with Crippen molar-refractivity contribution in [2.45, 2.75) is 0 Å². The molecule has 12 heavy (non-hydrogen) atoms. The number of hydrazine groups is 1. The van der Waals surface area contributed by atoms with Crippen LogP contribution in [0.25, 0.3) is 0 Å². The van der Waals surface area contributed by atoms with Gasteiger partial charge in [0, 0.05) is 11.2 Å². The Hall–Kier alpha value is -0.840. The van der Waals surface area contributed by atoms with Gasteiger partial charge < -0.3 is 0 Å². The fourth-order valence-corrected chi connectivity index (χ4v) is 0.763. The second-order valence-electron chi connectivity index (χ2n) is 1.83. The van der Waals surface area contributed by atoms with Crippen LogP contribution in [0, 0.1) is 0 Å². The van der Waals surface area contributed by atoms with E-state index in [0.717, 1.165) is 0 Å². The lowest BCUT2D eigenvalue weighted by molar-refractivity contribution is 0.0948. The fraction of sp³-hybridized carbons (Fsp3) is 0. The molecule has 4 nitrogen and oxygen atoms in total. The highest BCUT2D eigenvalue weighted by Gasteiger charge is 2.03. The van der Waals surface area contributed by atoms with Crippen LogP contribution in [0.5, 0.6) is 0 Å². The number of amides is 1. The molecule has 0 aliphatic heterocycles. The fourth-order valence-electron chi connectivity index (χ4n) is 0.603. The van der Waals surface area contributed by atoms with Crippen molar-refractivity contribution in [3.8, 4) is 0 Å². The first-order valence-electron chi connectivity index (χ1n) is 2.86. The molecule has 0 aromatic carbocycles. The lowest BCUT2D eigenvalue weighted by Crippen LogP contribution is -2.30. The van der Waals surface area contributed by atoms with E-state index in [1.807, 2.05) is 5.43 Å². The number of hydrogen-bond donors (Lipinski definition) is 2. The molecule has 0 fully saturated rings. The number of nitrogens with zero attached hydrogens (tertiary/aromatic N) is 1. The van der Waals surface area contributed by atoms with Crippen LogP contribution in [0.2, 0.25) is 5.02 Å². The number of carbonyl (C=O) groups excluding carboxylic acids is 1. The minimum Gasteiger partial charge on any atom is -0.289 e. The summed E-state index contributed by atoms with van der Waals surface area (Å²) in [5.41, 5.74) is 2.16. The van der Waals surface area contributed by atoms with E-state index in [2.05, 4.69) is 4.98 Å². The number of rotatable bonds is 1. The van der Waals surface area contributed by atoms with Gasteiger partial charge in [0.05, 0.1) is 0 Å². The van der Waals surface area contributed by atoms with Gasteiger partial charge >= 0.3 is 0 Å². The van der Waals surface area contributed by atoms with Crippen molar-refractivity contribution in [3.05, 3.63) is 29.0 Å². The second-order valence-corrected chi connectivity index (χ2v) is 2.27. The minimum atomic E-state index is -0.451. The van der Waals surface area contributed by atoms with Gasteiger partial charge in [-0.2, -0.15) is 0 Å². The van der Waals surface area contributed by atoms with Crippen LogP contribution < -0.4 is 11.3 Å². The molecular formula is C6H7Cl2N3O. The van der Waals surface area contributed by atoms with Crippen LogP contribution in [-0.4, -0.2) is 10.9 Å². The van der Waals surface area contributed by atoms with E-state index in [-0.39, 0.29) is 18.1 Å². The van der Waals surface area contributed by atoms with E-state index in [1.165, 1.54) is 12.3 Å². The average molecular weight is 208 g/mol. The summed E-state index contributed by atoms with van der Waals surface area (Å²) in [6.45, 7) is 0. The molecule has 0 saturated carbocycles. The summed E-state index contributed by atoms with van der Waals surface area (Å²) in [5.74, 6) is 4.42. The van der Waals surface area contributed by atoms with Gasteiger partial charge in [-0.1, -0.05) is 11.6 Å². The molecule has 0 unspecified atom stereocenters. The molecule has 1 rings (SSSR count). The molecule has 1 heterocycles. The quantitative estimate of drug-likeness (QED) is 0.406. The molecule has 66 valence electrons. The molecule has 0 aliphatic rings. The molecule has 6 heteroatoms. The molecule has 1 amide bonds. The summed E-state index contributed by atoms with van der Waals surface area (Å²) in [5, 5.41) is 0.457. The minimum absolute atomic E-state index is 0. The van der Waals surface area contributed by atoms with E-state index in [9.17, 15) is 4.79 Å².